The molecule has 0 bridgehead atoms. The van der Waals surface area contributed by atoms with Gasteiger partial charge in [-0.05, 0) is 49.4 Å². The van der Waals surface area contributed by atoms with Crippen LogP contribution >= 0.6 is 0 Å². The highest BCUT2D eigenvalue weighted by Gasteiger charge is 2.15. The number of carbonyl (C=O) groups excluding carboxylic acids is 1. The van der Waals surface area contributed by atoms with Gasteiger partial charge in [0.15, 0.2) is 17.2 Å². The second-order valence-electron chi connectivity index (χ2n) is 7.18. The van der Waals surface area contributed by atoms with Crippen molar-refractivity contribution in [2.45, 2.75) is 6.92 Å². The van der Waals surface area contributed by atoms with E-state index >= 15 is 0 Å². The third-order valence-electron chi connectivity index (χ3n) is 5.09. The van der Waals surface area contributed by atoms with Crippen molar-refractivity contribution in [3.05, 3.63) is 92.1 Å². The normalized spacial score (nSPS) is 11.5. The number of nitrogens with zero attached hydrogens (tertiary/aromatic N) is 1. The minimum Gasteiger partial charge on any atom is -0.422 e. The Labute approximate surface area is 180 Å². The summed E-state index contributed by atoms with van der Waals surface area (Å²) in [5.74, 6) is -2.71. The van der Waals surface area contributed by atoms with Crippen LogP contribution in [0.5, 0.6) is 0 Å². The number of hydrogen-bond acceptors (Lipinski definition) is 6. The first-order valence-corrected chi connectivity index (χ1v) is 9.71. The Hall–Kier alpha value is -4.07. The molecule has 6 nitrogen and oxygen atoms in total. The summed E-state index contributed by atoms with van der Waals surface area (Å²) in [6.45, 7) is 2.77. The summed E-state index contributed by atoms with van der Waals surface area (Å²) in [5, 5.41) is 0.582. The van der Waals surface area contributed by atoms with Crippen molar-refractivity contribution in [3.63, 3.8) is 0 Å². The largest absolute Gasteiger partial charge is 0.422 e. The second kappa shape index (κ2) is 8.22. The van der Waals surface area contributed by atoms with Gasteiger partial charge in [0.2, 0.25) is 0 Å². The molecule has 0 N–H and O–H groups in total. The van der Waals surface area contributed by atoms with Crippen molar-refractivity contribution < 1.29 is 22.4 Å². The third kappa shape index (κ3) is 3.94. The Kier molecular flexibility index (Phi) is 5.44. The fourth-order valence-electron chi connectivity index (χ4n) is 3.24. The Bertz CT molecular complexity index is 1520. The molecule has 2 heterocycles. The standard InChI is InChI=1S/C24H17F2NO5/c1-3-27(2)17-6-4-13-8-14(23(29)31-21(13)12-17)5-7-20(28)18-10-15-9-16(25)11-19(26)22(15)32-24(18)30/h4-12H,3H2,1-2H3/b7-5+. The lowest BCUT2D eigenvalue weighted by atomic mass is 10.1. The topological polar surface area (TPSA) is 80.7 Å². The van der Waals surface area contributed by atoms with Gasteiger partial charge in [-0.15, -0.1) is 0 Å². The minimum absolute atomic E-state index is 0.0723. The van der Waals surface area contributed by atoms with E-state index in [1.54, 1.807) is 18.2 Å². The van der Waals surface area contributed by atoms with Crippen molar-refractivity contribution in [2.75, 3.05) is 18.5 Å². The molecule has 2 aromatic carbocycles. The molecule has 0 amide bonds. The van der Waals surface area contributed by atoms with Crippen molar-refractivity contribution in [3.8, 4) is 0 Å². The highest BCUT2D eigenvalue weighted by molar-refractivity contribution is 6.07. The van der Waals surface area contributed by atoms with Crippen LogP contribution in [0.4, 0.5) is 14.5 Å². The lowest BCUT2D eigenvalue weighted by Crippen LogP contribution is -2.15. The van der Waals surface area contributed by atoms with Gasteiger partial charge in [0, 0.05) is 42.2 Å². The molecule has 32 heavy (non-hydrogen) atoms. The lowest BCUT2D eigenvalue weighted by molar-refractivity contribution is 0.104. The van der Waals surface area contributed by atoms with Crippen LogP contribution in [0.2, 0.25) is 0 Å². The van der Waals surface area contributed by atoms with Crippen LogP contribution in [0.15, 0.2) is 67.0 Å². The molecule has 0 aliphatic carbocycles. The van der Waals surface area contributed by atoms with Crippen molar-refractivity contribution >= 4 is 39.5 Å². The fraction of sp³-hybridized carbons (Fsp3) is 0.125. The van der Waals surface area contributed by atoms with E-state index in [-0.39, 0.29) is 10.9 Å². The van der Waals surface area contributed by atoms with E-state index in [2.05, 4.69) is 0 Å². The van der Waals surface area contributed by atoms with Crippen LogP contribution in [0.25, 0.3) is 28.0 Å². The van der Waals surface area contributed by atoms with Crippen LogP contribution in [-0.2, 0) is 0 Å². The van der Waals surface area contributed by atoms with Gasteiger partial charge in [0.05, 0.1) is 5.56 Å². The van der Waals surface area contributed by atoms with E-state index < -0.39 is 39.8 Å². The average molecular weight is 437 g/mol. The maximum absolute atomic E-state index is 13.8. The van der Waals surface area contributed by atoms with Crippen molar-refractivity contribution in [1.82, 2.24) is 0 Å². The summed E-state index contributed by atoms with van der Waals surface area (Å²) in [7, 11) is 1.91. The Morgan fingerprint density at radius 1 is 1.00 bits per heavy atom. The van der Waals surface area contributed by atoms with Gasteiger partial charge in [0.1, 0.15) is 17.0 Å². The Morgan fingerprint density at radius 2 is 1.78 bits per heavy atom. The quantitative estimate of drug-likeness (QED) is 0.259. The number of halogens is 2. The fourth-order valence-corrected chi connectivity index (χ4v) is 3.24. The molecule has 0 unspecified atom stereocenters. The monoisotopic (exact) mass is 437 g/mol. The average Bonchev–Trinajstić information content (AvgIpc) is 2.76. The summed E-state index contributed by atoms with van der Waals surface area (Å²) in [6.07, 6.45) is 2.22. The zero-order valence-corrected chi connectivity index (χ0v) is 17.1. The molecule has 162 valence electrons. The number of fused-ring (bicyclic) bond motifs is 2. The summed E-state index contributed by atoms with van der Waals surface area (Å²) in [5.41, 5.74) is -1.21. The van der Waals surface area contributed by atoms with Gasteiger partial charge in [-0.1, -0.05) is 0 Å². The number of anilines is 1. The van der Waals surface area contributed by atoms with Crippen LogP contribution in [0, 0.1) is 11.6 Å². The molecule has 0 atom stereocenters. The summed E-state index contributed by atoms with van der Waals surface area (Å²) >= 11 is 0. The van der Waals surface area contributed by atoms with E-state index in [1.807, 2.05) is 24.9 Å². The number of rotatable bonds is 5. The summed E-state index contributed by atoms with van der Waals surface area (Å²) < 4.78 is 37.4. The molecule has 0 saturated heterocycles. The summed E-state index contributed by atoms with van der Waals surface area (Å²) in [6, 6.07) is 9.56. The van der Waals surface area contributed by atoms with E-state index in [4.69, 9.17) is 8.83 Å². The van der Waals surface area contributed by atoms with Gasteiger partial charge >= 0.3 is 11.3 Å². The maximum Gasteiger partial charge on any atom is 0.347 e. The first-order valence-electron chi connectivity index (χ1n) is 9.71. The number of carbonyl (C=O) groups is 1. The number of hydrogen-bond donors (Lipinski definition) is 0. The van der Waals surface area contributed by atoms with Crippen LogP contribution in [-0.4, -0.2) is 19.4 Å². The van der Waals surface area contributed by atoms with E-state index in [1.165, 1.54) is 6.08 Å². The molecule has 2 aromatic heterocycles. The minimum atomic E-state index is -1.07. The lowest BCUT2D eigenvalue weighted by Gasteiger charge is -2.16. The van der Waals surface area contributed by atoms with Crippen molar-refractivity contribution in [1.29, 1.82) is 0 Å². The van der Waals surface area contributed by atoms with Gasteiger partial charge in [0.25, 0.3) is 0 Å². The van der Waals surface area contributed by atoms with E-state index in [0.717, 1.165) is 30.4 Å². The zero-order chi connectivity index (χ0) is 23.0. The van der Waals surface area contributed by atoms with Gasteiger partial charge in [-0.25, -0.2) is 18.4 Å². The molecule has 8 heteroatoms. The van der Waals surface area contributed by atoms with Gasteiger partial charge < -0.3 is 13.7 Å². The molecule has 4 rings (SSSR count). The highest BCUT2D eigenvalue weighted by atomic mass is 19.1. The van der Waals surface area contributed by atoms with Crippen LogP contribution in [0.1, 0.15) is 22.8 Å². The van der Waals surface area contributed by atoms with Gasteiger partial charge in [-0.3, -0.25) is 4.79 Å². The smallest absolute Gasteiger partial charge is 0.347 e. The predicted molar refractivity (Wildman–Crippen MR) is 117 cm³/mol. The molecule has 0 saturated carbocycles. The highest BCUT2D eigenvalue weighted by Crippen LogP contribution is 2.22. The van der Waals surface area contributed by atoms with Gasteiger partial charge in [-0.2, -0.15) is 0 Å². The third-order valence-corrected chi connectivity index (χ3v) is 5.09. The molecule has 4 aromatic rings. The number of benzene rings is 2. The zero-order valence-electron chi connectivity index (χ0n) is 17.1. The molecular weight excluding hydrogens is 420 g/mol. The van der Waals surface area contributed by atoms with Crippen molar-refractivity contribution in [2.24, 2.45) is 0 Å². The second-order valence-corrected chi connectivity index (χ2v) is 7.18. The summed E-state index contributed by atoms with van der Waals surface area (Å²) in [4.78, 5) is 38.9. The first kappa shape index (κ1) is 21.2. The molecule has 0 spiro atoms. The molecule has 0 radical (unpaired) electrons. The molecule has 0 fully saturated rings. The SMILES string of the molecule is CCN(C)c1ccc2cc(/C=C/C(=O)c3cc4cc(F)cc(F)c4oc3=O)c(=O)oc2c1. The first-order chi connectivity index (χ1) is 15.3. The Balaban J connectivity index is 1.69. The molecular formula is C24H17F2NO5. The van der Waals surface area contributed by atoms with Crippen LogP contribution in [0.3, 0.4) is 0 Å². The molecule has 0 aliphatic rings. The molecule has 0 aliphatic heterocycles. The van der Waals surface area contributed by atoms with Crippen LogP contribution < -0.4 is 16.2 Å². The number of allylic oxidation sites excluding steroid dienone is 1. The predicted octanol–water partition coefficient (Wildman–Crippen LogP) is 4.53. The number of ketones is 1. The maximum atomic E-state index is 13.8. The Morgan fingerprint density at radius 3 is 2.53 bits per heavy atom. The van der Waals surface area contributed by atoms with E-state index in [0.29, 0.717) is 17.0 Å². The van der Waals surface area contributed by atoms with E-state index in [9.17, 15) is 23.2 Å².